The van der Waals surface area contributed by atoms with E-state index < -0.39 is 0 Å². The van der Waals surface area contributed by atoms with Gasteiger partial charge in [-0.15, -0.1) is 6.42 Å². The molecule has 0 spiro atoms. The minimum absolute atomic E-state index is 0.342. The SMILES string of the molecule is C#CCNC(=NCCSCCc1ccc(CN(C)C)o1)NC#N. The number of nitrogens with zero attached hydrogens (tertiary/aromatic N) is 3. The Morgan fingerprint density at radius 2 is 2.17 bits per heavy atom. The summed E-state index contributed by atoms with van der Waals surface area (Å²) in [7, 11) is 4.04. The molecule has 1 aromatic heterocycles. The molecular weight excluding hydrogens is 310 g/mol. The topological polar surface area (TPSA) is 76.6 Å². The highest BCUT2D eigenvalue weighted by Gasteiger charge is 2.03. The van der Waals surface area contributed by atoms with E-state index in [0.717, 1.165) is 36.0 Å². The van der Waals surface area contributed by atoms with E-state index in [-0.39, 0.29) is 0 Å². The molecule has 0 bridgehead atoms. The molecular formula is C16H23N5OS. The van der Waals surface area contributed by atoms with Crippen molar-refractivity contribution in [2.75, 3.05) is 38.7 Å². The van der Waals surface area contributed by atoms with Crippen LogP contribution < -0.4 is 10.6 Å². The molecule has 0 aliphatic heterocycles. The zero-order valence-corrected chi connectivity index (χ0v) is 14.4. The molecule has 2 N–H and O–H groups in total. The van der Waals surface area contributed by atoms with Crippen LogP contribution in [0, 0.1) is 23.8 Å². The molecule has 0 saturated heterocycles. The van der Waals surface area contributed by atoms with E-state index in [1.165, 1.54) is 0 Å². The highest BCUT2D eigenvalue weighted by atomic mass is 32.2. The minimum Gasteiger partial charge on any atom is -0.465 e. The second-order valence-electron chi connectivity index (χ2n) is 4.99. The number of furan rings is 1. The first-order chi connectivity index (χ1) is 11.2. The Kier molecular flexibility index (Phi) is 9.46. The Balaban J connectivity index is 2.20. The summed E-state index contributed by atoms with van der Waals surface area (Å²) in [4.78, 5) is 6.34. The molecule has 0 unspecified atom stereocenters. The molecule has 0 fully saturated rings. The maximum absolute atomic E-state index is 8.61. The lowest BCUT2D eigenvalue weighted by atomic mass is 10.3. The molecule has 0 amide bonds. The first-order valence-electron chi connectivity index (χ1n) is 7.32. The van der Waals surface area contributed by atoms with Crippen LogP contribution in [0.3, 0.4) is 0 Å². The summed E-state index contributed by atoms with van der Waals surface area (Å²) in [6.07, 6.45) is 7.89. The molecule has 1 rings (SSSR count). The third-order valence-corrected chi connectivity index (χ3v) is 3.68. The van der Waals surface area contributed by atoms with Crippen molar-refractivity contribution in [3.8, 4) is 18.5 Å². The Morgan fingerprint density at radius 1 is 1.39 bits per heavy atom. The van der Waals surface area contributed by atoms with Crippen molar-refractivity contribution in [2.45, 2.75) is 13.0 Å². The van der Waals surface area contributed by atoms with Crippen LogP contribution >= 0.6 is 11.8 Å². The van der Waals surface area contributed by atoms with Crippen LogP contribution in [0.5, 0.6) is 0 Å². The van der Waals surface area contributed by atoms with Crippen molar-refractivity contribution in [2.24, 2.45) is 4.99 Å². The minimum atomic E-state index is 0.342. The monoisotopic (exact) mass is 333 g/mol. The zero-order valence-electron chi connectivity index (χ0n) is 13.6. The summed E-state index contributed by atoms with van der Waals surface area (Å²) in [6.45, 7) is 1.78. The first-order valence-corrected chi connectivity index (χ1v) is 8.48. The summed E-state index contributed by atoms with van der Waals surface area (Å²) in [5.41, 5.74) is 0. The molecule has 0 aliphatic carbocycles. The number of hydrogen-bond acceptors (Lipinski definition) is 5. The number of terminal acetylenes is 1. The molecule has 1 aromatic rings. The van der Waals surface area contributed by atoms with Gasteiger partial charge in [0.2, 0.25) is 5.96 Å². The molecule has 6 nitrogen and oxygen atoms in total. The number of thioether (sulfide) groups is 1. The number of aryl methyl sites for hydroxylation is 1. The van der Waals surface area contributed by atoms with Crippen molar-refractivity contribution in [1.82, 2.24) is 15.5 Å². The third kappa shape index (κ3) is 8.82. The van der Waals surface area contributed by atoms with Gasteiger partial charge in [0.15, 0.2) is 6.19 Å². The van der Waals surface area contributed by atoms with Gasteiger partial charge < -0.3 is 14.6 Å². The van der Waals surface area contributed by atoms with Crippen LogP contribution in [0.25, 0.3) is 0 Å². The highest BCUT2D eigenvalue weighted by Crippen LogP contribution is 2.12. The largest absolute Gasteiger partial charge is 0.465 e. The molecule has 0 radical (unpaired) electrons. The normalized spacial score (nSPS) is 11.1. The van der Waals surface area contributed by atoms with Gasteiger partial charge in [-0.25, -0.2) is 0 Å². The van der Waals surface area contributed by atoms with Crippen molar-refractivity contribution in [1.29, 1.82) is 5.26 Å². The average Bonchev–Trinajstić information content (AvgIpc) is 2.94. The fraction of sp³-hybridized carbons (Fsp3) is 0.500. The van der Waals surface area contributed by atoms with Gasteiger partial charge >= 0.3 is 0 Å². The molecule has 0 aliphatic rings. The third-order valence-electron chi connectivity index (χ3n) is 2.72. The maximum Gasteiger partial charge on any atom is 0.205 e. The standard InChI is InChI=1S/C16H23N5OS/c1-4-8-18-16(20-13-17)19-9-11-23-10-7-14-5-6-15(22-14)12-21(2)3/h1,5-6H,7-12H2,2-3H3,(H2,18,19,20). The maximum atomic E-state index is 8.61. The van der Waals surface area contributed by atoms with Crippen LogP contribution in [-0.4, -0.2) is 49.6 Å². The number of rotatable bonds is 9. The van der Waals surface area contributed by atoms with Gasteiger partial charge in [-0.2, -0.15) is 17.0 Å². The van der Waals surface area contributed by atoms with Crippen LogP contribution in [0.15, 0.2) is 21.5 Å². The zero-order chi connectivity index (χ0) is 16.9. The van der Waals surface area contributed by atoms with Crippen LogP contribution in [0.2, 0.25) is 0 Å². The van der Waals surface area contributed by atoms with Gasteiger partial charge in [0.1, 0.15) is 11.5 Å². The Hall–Kier alpha value is -2.09. The molecule has 1 heterocycles. The predicted molar refractivity (Wildman–Crippen MR) is 95.0 cm³/mol. The van der Waals surface area contributed by atoms with E-state index in [1.807, 2.05) is 32.4 Å². The van der Waals surface area contributed by atoms with Gasteiger partial charge in [-0.3, -0.25) is 10.3 Å². The molecule has 7 heteroatoms. The summed E-state index contributed by atoms with van der Waals surface area (Å²) in [5.74, 6) is 6.72. The van der Waals surface area contributed by atoms with E-state index in [2.05, 4.69) is 26.4 Å². The lowest BCUT2D eigenvalue weighted by molar-refractivity contribution is 0.342. The van der Waals surface area contributed by atoms with Crippen LogP contribution in [0.4, 0.5) is 0 Å². The molecule has 23 heavy (non-hydrogen) atoms. The highest BCUT2D eigenvalue weighted by molar-refractivity contribution is 7.99. The lowest BCUT2D eigenvalue weighted by Crippen LogP contribution is -2.34. The second kappa shape index (κ2) is 11.5. The average molecular weight is 333 g/mol. The second-order valence-corrected chi connectivity index (χ2v) is 6.22. The van der Waals surface area contributed by atoms with Gasteiger partial charge in [0.05, 0.1) is 19.6 Å². The van der Waals surface area contributed by atoms with Gasteiger partial charge in [-0.05, 0) is 26.2 Å². The predicted octanol–water partition coefficient (Wildman–Crippen LogP) is 1.27. The fourth-order valence-corrected chi connectivity index (χ4v) is 2.55. The number of aliphatic imine (C=N–C) groups is 1. The van der Waals surface area contributed by atoms with E-state index >= 15 is 0 Å². The van der Waals surface area contributed by atoms with Crippen molar-refractivity contribution in [3.05, 3.63) is 23.7 Å². The summed E-state index contributed by atoms with van der Waals surface area (Å²) < 4.78 is 5.76. The van der Waals surface area contributed by atoms with Gasteiger partial charge in [0, 0.05) is 17.9 Å². The van der Waals surface area contributed by atoms with E-state index in [9.17, 15) is 0 Å². The number of hydrogen-bond donors (Lipinski definition) is 2. The van der Waals surface area contributed by atoms with Crippen LogP contribution in [0.1, 0.15) is 11.5 Å². The number of nitrogens with one attached hydrogen (secondary N) is 2. The fourth-order valence-electron chi connectivity index (χ4n) is 1.78. The van der Waals surface area contributed by atoms with Crippen molar-refractivity contribution >= 4 is 17.7 Å². The molecule has 0 aromatic carbocycles. The van der Waals surface area contributed by atoms with Crippen LogP contribution in [-0.2, 0) is 13.0 Å². The summed E-state index contributed by atoms with van der Waals surface area (Å²) in [5, 5.41) is 13.9. The van der Waals surface area contributed by atoms with Gasteiger partial charge in [-0.1, -0.05) is 5.92 Å². The molecule has 0 saturated carbocycles. The Bertz CT molecular complexity index is 568. The van der Waals surface area contributed by atoms with Gasteiger partial charge in [0.25, 0.3) is 0 Å². The van der Waals surface area contributed by atoms with E-state index in [1.54, 1.807) is 11.8 Å². The smallest absolute Gasteiger partial charge is 0.205 e. The summed E-state index contributed by atoms with van der Waals surface area (Å²) >= 11 is 1.80. The number of nitriles is 1. The Morgan fingerprint density at radius 3 is 2.87 bits per heavy atom. The molecule has 124 valence electrons. The van der Waals surface area contributed by atoms with Crippen molar-refractivity contribution < 1.29 is 4.42 Å². The van der Waals surface area contributed by atoms with E-state index in [4.69, 9.17) is 16.1 Å². The summed E-state index contributed by atoms with van der Waals surface area (Å²) in [6, 6.07) is 4.07. The lowest BCUT2D eigenvalue weighted by Gasteiger charge is -2.06. The number of guanidine groups is 1. The molecule has 0 atom stereocenters. The van der Waals surface area contributed by atoms with Crippen molar-refractivity contribution in [3.63, 3.8) is 0 Å². The first kappa shape index (κ1) is 19.0. The Labute approximate surface area is 142 Å². The van der Waals surface area contributed by atoms with E-state index in [0.29, 0.717) is 19.0 Å². The quantitative estimate of drug-likeness (QED) is 0.177.